The van der Waals surface area contributed by atoms with Gasteiger partial charge in [0.1, 0.15) is 17.9 Å². The second kappa shape index (κ2) is 8.95. The monoisotopic (exact) mass is 466 g/mol. The van der Waals surface area contributed by atoms with E-state index in [0.717, 1.165) is 31.7 Å². The van der Waals surface area contributed by atoms with Crippen molar-refractivity contribution in [3.63, 3.8) is 0 Å². The number of aromatic amines is 1. The molecule has 0 unspecified atom stereocenters. The van der Waals surface area contributed by atoms with Crippen LogP contribution in [0.15, 0.2) is 29.1 Å². The van der Waals surface area contributed by atoms with Gasteiger partial charge in [-0.05, 0) is 36.6 Å². The zero-order valence-corrected chi connectivity index (χ0v) is 17.6. The van der Waals surface area contributed by atoms with Crippen LogP contribution in [0, 0.1) is 5.82 Å². The van der Waals surface area contributed by atoms with Crippen molar-refractivity contribution < 1.29 is 27.2 Å². The van der Waals surface area contributed by atoms with Gasteiger partial charge in [-0.25, -0.2) is 9.49 Å². The molecule has 11 heteroatoms. The zero-order chi connectivity index (χ0) is 23.8. The maximum Gasteiger partial charge on any atom is 0.421 e. The number of alkyl halides is 3. The molecule has 7 nitrogen and oxygen atoms in total. The topological polar surface area (TPSA) is 86.4 Å². The number of aromatic nitrogens is 2. The summed E-state index contributed by atoms with van der Waals surface area (Å²) in [5.41, 5.74) is -2.77. The van der Waals surface area contributed by atoms with E-state index in [1.807, 2.05) is 5.10 Å². The first-order chi connectivity index (χ1) is 15.6. The lowest BCUT2D eigenvalue weighted by atomic mass is 10.0. The number of nitrogens with one attached hydrogen (secondary N) is 1. The molecule has 2 aliphatic rings. The number of amides is 2. The summed E-state index contributed by atoms with van der Waals surface area (Å²) in [6.45, 7) is 0.522. The van der Waals surface area contributed by atoms with Gasteiger partial charge < -0.3 is 9.80 Å². The minimum absolute atomic E-state index is 0.0905. The number of halogens is 4. The number of piperazine rings is 1. The molecule has 1 aliphatic carbocycles. The molecule has 2 fully saturated rings. The standard InChI is InChI=1S/C22H22F4N4O3/c23-18-6-5-13(9-14-11-17(22(24,25)26)20(32)28-27-14)10-16(18)21(33)29-7-8-30(19(31)12-29)15-3-1-2-4-15/h5-6,10-11,15H,1-4,7-9,12H2,(H,28,32). The van der Waals surface area contributed by atoms with E-state index >= 15 is 0 Å². The average molecular weight is 466 g/mol. The predicted octanol–water partition coefficient (Wildman–Crippen LogP) is 2.75. The fourth-order valence-corrected chi connectivity index (χ4v) is 4.44. The van der Waals surface area contributed by atoms with Crippen molar-refractivity contribution in [2.24, 2.45) is 0 Å². The second-order valence-electron chi connectivity index (χ2n) is 8.34. The zero-order valence-electron chi connectivity index (χ0n) is 17.6. The Morgan fingerprint density at radius 2 is 1.85 bits per heavy atom. The number of rotatable bonds is 4. The molecule has 1 aromatic heterocycles. The fraction of sp³-hybridized carbons (Fsp3) is 0.455. The Labute approximate surface area is 186 Å². The molecule has 1 aromatic carbocycles. The summed E-state index contributed by atoms with van der Waals surface area (Å²) in [6.07, 6.45) is -0.957. The minimum atomic E-state index is -4.84. The Morgan fingerprint density at radius 1 is 1.12 bits per heavy atom. The van der Waals surface area contributed by atoms with Crippen LogP contribution in [-0.4, -0.2) is 57.5 Å². The molecule has 1 saturated carbocycles. The maximum atomic E-state index is 14.5. The summed E-state index contributed by atoms with van der Waals surface area (Å²) in [7, 11) is 0. The van der Waals surface area contributed by atoms with E-state index in [0.29, 0.717) is 18.2 Å². The van der Waals surface area contributed by atoms with Gasteiger partial charge in [-0.1, -0.05) is 18.9 Å². The van der Waals surface area contributed by atoms with Gasteiger partial charge in [0.2, 0.25) is 5.91 Å². The molecule has 2 aromatic rings. The highest BCUT2D eigenvalue weighted by molar-refractivity contribution is 5.97. The lowest BCUT2D eigenvalue weighted by Gasteiger charge is -2.37. The van der Waals surface area contributed by atoms with Crippen molar-refractivity contribution in [3.8, 4) is 0 Å². The van der Waals surface area contributed by atoms with Crippen LogP contribution in [0.5, 0.6) is 0 Å². The van der Waals surface area contributed by atoms with Crippen LogP contribution >= 0.6 is 0 Å². The van der Waals surface area contributed by atoms with Crippen molar-refractivity contribution >= 4 is 11.8 Å². The number of nitrogens with zero attached hydrogens (tertiary/aromatic N) is 3. The molecule has 0 spiro atoms. The largest absolute Gasteiger partial charge is 0.421 e. The van der Waals surface area contributed by atoms with Crippen molar-refractivity contribution in [1.29, 1.82) is 0 Å². The summed E-state index contributed by atoms with van der Waals surface area (Å²) in [5, 5.41) is 5.42. The molecular formula is C22H22F4N4O3. The summed E-state index contributed by atoms with van der Waals surface area (Å²) in [6, 6.07) is 4.45. The lowest BCUT2D eigenvalue weighted by Crippen LogP contribution is -2.55. The molecule has 2 heterocycles. The highest BCUT2D eigenvalue weighted by Crippen LogP contribution is 2.27. The van der Waals surface area contributed by atoms with Crippen LogP contribution < -0.4 is 5.56 Å². The average Bonchev–Trinajstić information content (AvgIpc) is 3.29. The third kappa shape index (κ3) is 4.91. The molecule has 1 saturated heterocycles. The van der Waals surface area contributed by atoms with Gasteiger partial charge in [-0.3, -0.25) is 14.4 Å². The van der Waals surface area contributed by atoms with E-state index in [1.54, 1.807) is 4.90 Å². The first-order valence-electron chi connectivity index (χ1n) is 10.7. The highest BCUT2D eigenvalue weighted by Gasteiger charge is 2.35. The van der Waals surface area contributed by atoms with E-state index < -0.39 is 29.0 Å². The SMILES string of the molecule is O=C(c1cc(Cc2cc(C(F)(F)F)c(=O)[nH]n2)ccc1F)N1CCN(C2CCCC2)C(=O)C1. The normalized spacial score (nSPS) is 17.6. The molecule has 1 aliphatic heterocycles. The molecule has 4 rings (SSSR count). The number of benzene rings is 1. The van der Waals surface area contributed by atoms with E-state index in [1.165, 1.54) is 17.0 Å². The molecule has 33 heavy (non-hydrogen) atoms. The molecule has 0 radical (unpaired) electrons. The third-order valence-electron chi connectivity index (χ3n) is 6.12. The molecule has 0 atom stereocenters. The van der Waals surface area contributed by atoms with E-state index in [9.17, 15) is 31.9 Å². The molecule has 0 bridgehead atoms. The molecule has 1 N–H and O–H groups in total. The molecule has 176 valence electrons. The van der Waals surface area contributed by atoms with Gasteiger partial charge in [0.15, 0.2) is 0 Å². The van der Waals surface area contributed by atoms with Gasteiger partial charge in [0.25, 0.3) is 11.5 Å². The first kappa shape index (κ1) is 22.9. The van der Waals surface area contributed by atoms with Crippen molar-refractivity contribution in [3.05, 3.63) is 62.8 Å². The smallest absolute Gasteiger partial charge is 0.336 e. The summed E-state index contributed by atoms with van der Waals surface area (Å²) in [4.78, 5) is 40.0. The van der Waals surface area contributed by atoms with E-state index in [-0.39, 0.29) is 42.7 Å². The molecular weight excluding hydrogens is 444 g/mol. The summed E-state index contributed by atoms with van der Waals surface area (Å²) >= 11 is 0. The fourth-order valence-electron chi connectivity index (χ4n) is 4.44. The van der Waals surface area contributed by atoms with Gasteiger partial charge in [-0.15, -0.1) is 0 Å². The third-order valence-corrected chi connectivity index (χ3v) is 6.12. The molecule has 2 amide bonds. The first-order valence-corrected chi connectivity index (χ1v) is 10.7. The number of carbonyl (C=O) groups is 2. The van der Waals surface area contributed by atoms with Crippen molar-refractivity contribution in [2.75, 3.05) is 19.6 Å². The summed E-state index contributed by atoms with van der Waals surface area (Å²) < 4.78 is 53.4. The Bertz CT molecular complexity index is 1130. The predicted molar refractivity (Wildman–Crippen MR) is 109 cm³/mol. The van der Waals surface area contributed by atoms with Gasteiger partial charge in [0, 0.05) is 25.6 Å². The Hall–Kier alpha value is -3.24. The Balaban J connectivity index is 1.50. The maximum absolute atomic E-state index is 14.5. The van der Waals surface area contributed by atoms with Crippen LogP contribution in [0.25, 0.3) is 0 Å². The van der Waals surface area contributed by atoms with Crippen LogP contribution in [0.3, 0.4) is 0 Å². The minimum Gasteiger partial charge on any atom is -0.336 e. The Kier molecular flexibility index (Phi) is 6.22. The van der Waals surface area contributed by atoms with Crippen LogP contribution in [0.1, 0.15) is 52.9 Å². The number of H-pyrrole nitrogens is 1. The van der Waals surface area contributed by atoms with E-state index in [4.69, 9.17) is 0 Å². The quantitative estimate of drug-likeness (QED) is 0.703. The Morgan fingerprint density at radius 3 is 2.52 bits per heavy atom. The van der Waals surface area contributed by atoms with Crippen LogP contribution in [0.2, 0.25) is 0 Å². The van der Waals surface area contributed by atoms with Gasteiger partial charge in [0.05, 0.1) is 11.3 Å². The second-order valence-corrected chi connectivity index (χ2v) is 8.34. The van der Waals surface area contributed by atoms with E-state index in [2.05, 4.69) is 5.10 Å². The lowest BCUT2D eigenvalue weighted by molar-refractivity contribution is -0.139. The number of carbonyl (C=O) groups excluding carboxylic acids is 2. The number of hydrogen-bond donors (Lipinski definition) is 1. The van der Waals surface area contributed by atoms with Crippen molar-refractivity contribution in [1.82, 2.24) is 20.0 Å². The van der Waals surface area contributed by atoms with Gasteiger partial charge in [-0.2, -0.15) is 18.3 Å². The van der Waals surface area contributed by atoms with Crippen LogP contribution in [0.4, 0.5) is 17.6 Å². The van der Waals surface area contributed by atoms with Crippen molar-refractivity contribution in [2.45, 2.75) is 44.3 Å². The highest BCUT2D eigenvalue weighted by atomic mass is 19.4. The van der Waals surface area contributed by atoms with Crippen LogP contribution in [-0.2, 0) is 17.4 Å². The summed E-state index contributed by atoms with van der Waals surface area (Å²) in [5.74, 6) is -1.62. The number of hydrogen-bond acceptors (Lipinski definition) is 4. The van der Waals surface area contributed by atoms with Gasteiger partial charge >= 0.3 is 6.18 Å².